The molecule has 1 saturated heterocycles. The van der Waals surface area contributed by atoms with Crippen LogP contribution in [-0.2, 0) is 6.42 Å². The van der Waals surface area contributed by atoms with Crippen molar-refractivity contribution < 1.29 is 0 Å². The number of halogens is 1. The molecule has 0 radical (unpaired) electrons. The third kappa shape index (κ3) is 6.20. The Hall–Kier alpha value is -1.72. The van der Waals surface area contributed by atoms with Gasteiger partial charge in [-0.15, -0.1) is 45.5 Å². The van der Waals surface area contributed by atoms with E-state index in [4.69, 9.17) is 4.99 Å². The highest BCUT2D eigenvalue weighted by atomic mass is 127. The van der Waals surface area contributed by atoms with Gasteiger partial charge < -0.3 is 10.6 Å². The van der Waals surface area contributed by atoms with Crippen LogP contribution in [-0.4, -0.2) is 58.7 Å². The van der Waals surface area contributed by atoms with Gasteiger partial charge in [-0.05, 0) is 69.3 Å². The number of rotatable bonds is 8. The standard InChI is InChI=1S/C23H33N7S.HI/c1-3-24-23(25-13-6-12-21-28-27-20-11-4-5-15-30(20)21)26-17-18-9-7-14-29(2)22(18)19-10-8-16-31-19;/h4-5,8,10-11,15-16,18,22H,3,6-7,9,12-14,17H2,1-2H3,(H2,24,25,26);1H. The molecule has 0 saturated carbocycles. The summed E-state index contributed by atoms with van der Waals surface area (Å²) in [6.07, 6.45) is 6.36. The van der Waals surface area contributed by atoms with Gasteiger partial charge in [-0.2, -0.15) is 0 Å². The summed E-state index contributed by atoms with van der Waals surface area (Å²) in [7, 11) is 2.25. The van der Waals surface area contributed by atoms with Crippen molar-refractivity contribution in [3.8, 4) is 0 Å². The minimum absolute atomic E-state index is 0. The lowest BCUT2D eigenvalue weighted by atomic mass is 9.88. The summed E-state index contributed by atoms with van der Waals surface area (Å²) in [5, 5.41) is 17.6. The van der Waals surface area contributed by atoms with Crippen LogP contribution in [0.2, 0.25) is 0 Å². The third-order valence-electron chi connectivity index (χ3n) is 5.92. The number of piperidine rings is 1. The Kier molecular flexibility index (Phi) is 9.73. The molecule has 1 fully saturated rings. The number of aliphatic imine (C=N–C) groups is 1. The van der Waals surface area contributed by atoms with Gasteiger partial charge in [0.2, 0.25) is 0 Å². The van der Waals surface area contributed by atoms with Gasteiger partial charge in [0, 0.05) is 43.2 Å². The Morgan fingerprint density at radius 1 is 1.22 bits per heavy atom. The van der Waals surface area contributed by atoms with Crippen LogP contribution < -0.4 is 10.6 Å². The summed E-state index contributed by atoms with van der Waals surface area (Å²) in [5.41, 5.74) is 0.901. The van der Waals surface area contributed by atoms with Crippen LogP contribution in [0.3, 0.4) is 0 Å². The number of fused-ring (bicyclic) bond motifs is 1. The van der Waals surface area contributed by atoms with E-state index in [1.54, 1.807) is 0 Å². The maximum Gasteiger partial charge on any atom is 0.191 e. The normalized spacial score (nSPS) is 19.6. The lowest BCUT2D eigenvalue weighted by molar-refractivity contribution is 0.128. The monoisotopic (exact) mass is 567 g/mol. The smallest absolute Gasteiger partial charge is 0.191 e. The van der Waals surface area contributed by atoms with Gasteiger partial charge >= 0.3 is 0 Å². The van der Waals surface area contributed by atoms with Crippen LogP contribution in [0.25, 0.3) is 5.65 Å². The fourth-order valence-corrected chi connectivity index (χ4v) is 5.41. The lowest BCUT2D eigenvalue weighted by Gasteiger charge is -2.38. The lowest BCUT2D eigenvalue weighted by Crippen LogP contribution is -2.40. The van der Waals surface area contributed by atoms with Gasteiger partial charge in [-0.1, -0.05) is 12.1 Å². The largest absolute Gasteiger partial charge is 0.357 e. The van der Waals surface area contributed by atoms with E-state index in [0.29, 0.717) is 12.0 Å². The second-order valence-corrected chi connectivity index (χ2v) is 9.12. The van der Waals surface area contributed by atoms with E-state index < -0.39 is 0 Å². The van der Waals surface area contributed by atoms with Gasteiger partial charge in [0.15, 0.2) is 11.6 Å². The summed E-state index contributed by atoms with van der Waals surface area (Å²) in [6.45, 7) is 5.84. The number of likely N-dealkylation sites (tertiary alicyclic amines) is 1. The molecular weight excluding hydrogens is 533 g/mol. The third-order valence-corrected chi connectivity index (χ3v) is 6.87. The summed E-state index contributed by atoms with van der Waals surface area (Å²) in [5.74, 6) is 2.46. The van der Waals surface area contributed by atoms with Crippen molar-refractivity contribution in [1.29, 1.82) is 0 Å². The second kappa shape index (κ2) is 12.5. The highest BCUT2D eigenvalue weighted by molar-refractivity contribution is 14.0. The van der Waals surface area contributed by atoms with Crippen LogP contribution in [0.15, 0.2) is 46.9 Å². The quantitative estimate of drug-likeness (QED) is 0.187. The molecule has 9 heteroatoms. The predicted octanol–water partition coefficient (Wildman–Crippen LogP) is 3.98. The molecule has 2 N–H and O–H groups in total. The van der Waals surface area contributed by atoms with Crippen molar-refractivity contribution >= 4 is 46.9 Å². The molecule has 3 aromatic rings. The Bertz CT molecular complexity index is 972. The van der Waals surface area contributed by atoms with Crippen molar-refractivity contribution in [3.63, 3.8) is 0 Å². The van der Waals surface area contributed by atoms with Crippen LogP contribution in [0.4, 0.5) is 0 Å². The van der Waals surface area contributed by atoms with E-state index in [9.17, 15) is 0 Å². The number of pyridine rings is 1. The topological polar surface area (TPSA) is 69.8 Å². The number of hydrogen-bond donors (Lipinski definition) is 2. The van der Waals surface area contributed by atoms with E-state index in [-0.39, 0.29) is 24.0 Å². The molecule has 174 valence electrons. The zero-order valence-electron chi connectivity index (χ0n) is 18.9. The maximum absolute atomic E-state index is 4.96. The number of aromatic nitrogens is 3. The van der Waals surface area contributed by atoms with Gasteiger partial charge in [0.1, 0.15) is 5.82 Å². The molecule has 32 heavy (non-hydrogen) atoms. The van der Waals surface area contributed by atoms with E-state index >= 15 is 0 Å². The average Bonchev–Trinajstić information content (AvgIpc) is 3.45. The zero-order valence-corrected chi connectivity index (χ0v) is 22.1. The Labute approximate surface area is 211 Å². The molecule has 0 aliphatic carbocycles. The molecule has 0 amide bonds. The van der Waals surface area contributed by atoms with E-state index in [1.165, 1.54) is 24.3 Å². The van der Waals surface area contributed by atoms with Gasteiger partial charge in [0.05, 0.1) is 0 Å². The Balaban J connectivity index is 0.00000289. The minimum atomic E-state index is 0. The summed E-state index contributed by atoms with van der Waals surface area (Å²) in [4.78, 5) is 8.91. The van der Waals surface area contributed by atoms with Crippen molar-refractivity contribution in [3.05, 3.63) is 52.6 Å². The number of nitrogens with one attached hydrogen (secondary N) is 2. The van der Waals surface area contributed by atoms with Gasteiger partial charge in [0.25, 0.3) is 0 Å². The predicted molar refractivity (Wildman–Crippen MR) is 143 cm³/mol. The van der Waals surface area contributed by atoms with Crippen LogP contribution in [0.5, 0.6) is 0 Å². The second-order valence-electron chi connectivity index (χ2n) is 8.14. The van der Waals surface area contributed by atoms with Crippen LogP contribution in [0.1, 0.15) is 42.9 Å². The Morgan fingerprint density at radius 3 is 2.94 bits per heavy atom. The van der Waals surface area contributed by atoms with E-state index in [2.05, 4.69) is 61.6 Å². The molecule has 0 bridgehead atoms. The van der Waals surface area contributed by atoms with Crippen molar-refractivity contribution in [2.45, 2.75) is 38.6 Å². The first kappa shape index (κ1) is 24.9. The number of guanidine groups is 1. The molecule has 7 nitrogen and oxygen atoms in total. The van der Waals surface area contributed by atoms with Crippen molar-refractivity contribution in [1.82, 2.24) is 30.1 Å². The molecule has 2 atom stereocenters. The van der Waals surface area contributed by atoms with Gasteiger partial charge in [-0.3, -0.25) is 14.3 Å². The molecule has 1 aliphatic rings. The first-order valence-corrected chi connectivity index (χ1v) is 12.2. The number of nitrogens with zero attached hydrogens (tertiary/aromatic N) is 5. The van der Waals surface area contributed by atoms with E-state index in [0.717, 1.165) is 49.9 Å². The first-order valence-electron chi connectivity index (χ1n) is 11.3. The highest BCUT2D eigenvalue weighted by Crippen LogP contribution is 2.37. The molecule has 1 aliphatic heterocycles. The molecule has 4 heterocycles. The SMILES string of the molecule is CCNC(=NCC1CCCN(C)C1c1cccs1)NCCCc1nnc2ccccn12.I. The molecule has 2 unspecified atom stereocenters. The fraction of sp³-hybridized carbons (Fsp3) is 0.522. The molecule has 0 spiro atoms. The zero-order chi connectivity index (χ0) is 21.5. The number of hydrogen-bond acceptors (Lipinski definition) is 5. The minimum Gasteiger partial charge on any atom is -0.357 e. The summed E-state index contributed by atoms with van der Waals surface area (Å²) in [6, 6.07) is 10.9. The highest BCUT2D eigenvalue weighted by Gasteiger charge is 2.31. The number of thiophene rings is 1. The molecular formula is C23H34IN7S. The summed E-state index contributed by atoms with van der Waals surface area (Å²) < 4.78 is 2.06. The number of aryl methyl sites for hydroxylation is 1. The van der Waals surface area contributed by atoms with Gasteiger partial charge in [-0.25, -0.2) is 0 Å². The molecule has 0 aromatic carbocycles. The van der Waals surface area contributed by atoms with Crippen LogP contribution >= 0.6 is 35.3 Å². The van der Waals surface area contributed by atoms with E-state index in [1.807, 2.05) is 35.7 Å². The van der Waals surface area contributed by atoms with Crippen molar-refractivity contribution in [2.75, 3.05) is 33.2 Å². The fourth-order valence-electron chi connectivity index (χ4n) is 4.42. The average molecular weight is 568 g/mol. The first-order chi connectivity index (χ1) is 15.3. The van der Waals surface area contributed by atoms with Crippen LogP contribution in [0, 0.1) is 5.92 Å². The van der Waals surface area contributed by atoms with Crippen molar-refractivity contribution in [2.24, 2.45) is 10.9 Å². The summed E-state index contributed by atoms with van der Waals surface area (Å²) >= 11 is 1.86. The maximum atomic E-state index is 4.96. The molecule has 4 rings (SSSR count). The molecule has 3 aromatic heterocycles. The Morgan fingerprint density at radius 2 is 2.12 bits per heavy atom.